The van der Waals surface area contributed by atoms with E-state index < -0.39 is 11.9 Å². The molecule has 26 heavy (non-hydrogen) atoms. The van der Waals surface area contributed by atoms with Crippen LogP contribution in [0.15, 0.2) is 24.3 Å². The number of carbonyl (C=O) groups excluding carboxylic acids is 2. The van der Waals surface area contributed by atoms with Crippen molar-refractivity contribution >= 4 is 11.9 Å². The Morgan fingerprint density at radius 2 is 0.962 bits per heavy atom. The van der Waals surface area contributed by atoms with Crippen LogP contribution in [0.4, 0.5) is 0 Å². The molecule has 10 heteroatoms. The van der Waals surface area contributed by atoms with Gasteiger partial charge in [0.1, 0.15) is 0 Å². The zero-order valence-electron chi connectivity index (χ0n) is 13.9. The minimum Gasteiger partial charge on any atom is -0.492 e. The summed E-state index contributed by atoms with van der Waals surface area (Å²) in [6, 6.07) is 4.76. The number of carbonyl (C=O) groups is 2. The Labute approximate surface area is 148 Å². The van der Waals surface area contributed by atoms with Crippen molar-refractivity contribution in [3.63, 3.8) is 0 Å². The van der Waals surface area contributed by atoms with Crippen LogP contribution in [0.1, 0.15) is 38.5 Å². The van der Waals surface area contributed by atoms with Gasteiger partial charge in [0.2, 0.25) is 23.5 Å². The molecule has 10 nitrogen and oxygen atoms in total. The Morgan fingerprint density at radius 1 is 0.654 bits per heavy atom. The molecule has 2 aromatic rings. The number of hydrogen-bond acceptors (Lipinski definition) is 8. The van der Waals surface area contributed by atoms with E-state index in [9.17, 15) is 30.0 Å². The van der Waals surface area contributed by atoms with E-state index in [0.717, 1.165) is 0 Å². The number of aromatic nitrogens is 2. The molecule has 4 N–H and O–H groups in total. The van der Waals surface area contributed by atoms with E-state index >= 15 is 0 Å². The van der Waals surface area contributed by atoms with Crippen molar-refractivity contribution in [1.82, 2.24) is 9.46 Å². The molecule has 0 atom stereocenters. The Hall–Kier alpha value is -3.30. The van der Waals surface area contributed by atoms with Gasteiger partial charge in [0.05, 0.1) is 0 Å². The lowest BCUT2D eigenvalue weighted by molar-refractivity contribution is -0.146. The highest BCUT2D eigenvalue weighted by Crippen LogP contribution is 2.20. The number of hydrogen-bond donors (Lipinski definition) is 4. The van der Waals surface area contributed by atoms with Crippen LogP contribution >= 0.6 is 0 Å². The van der Waals surface area contributed by atoms with E-state index in [4.69, 9.17) is 9.68 Å². The lowest BCUT2D eigenvalue weighted by atomic mass is 10.1. The molecule has 0 aliphatic rings. The lowest BCUT2D eigenvalue weighted by Gasteiger charge is -2.07. The third kappa shape index (κ3) is 5.10. The van der Waals surface area contributed by atoms with Crippen molar-refractivity contribution in [1.29, 1.82) is 0 Å². The van der Waals surface area contributed by atoms with Gasteiger partial charge in [-0.15, -0.1) is 9.46 Å². The zero-order chi connectivity index (χ0) is 19.1. The quantitative estimate of drug-likeness (QED) is 0.481. The predicted octanol–water partition coefficient (Wildman–Crippen LogP) is 1.06. The van der Waals surface area contributed by atoms with Gasteiger partial charge in [-0.05, 0) is 12.8 Å². The molecule has 0 amide bonds. The molecule has 2 heterocycles. The van der Waals surface area contributed by atoms with Gasteiger partial charge in [-0.1, -0.05) is 12.8 Å². The molecule has 0 unspecified atom stereocenters. The van der Waals surface area contributed by atoms with E-state index in [2.05, 4.69) is 0 Å². The molecule has 0 saturated heterocycles. The minimum atomic E-state index is -0.607. The topological polar surface area (TPSA) is 143 Å². The summed E-state index contributed by atoms with van der Waals surface area (Å²) in [5.41, 5.74) is 0. The highest BCUT2D eigenvalue weighted by Gasteiger charge is 2.13. The van der Waals surface area contributed by atoms with E-state index in [1.807, 2.05) is 0 Å². The highest BCUT2D eigenvalue weighted by atomic mass is 16.7. The zero-order valence-corrected chi connectivity index (χ0v) is 13.9. The van der Waals surface area contributed by atoms with Crippen LogP contribution in [0, 0.1) is 0 Å². The third-order valence-electron chi connectivity index (χ3n) is 3.49. The van der Waals surface area contributed by atoms with E-state index in [1.54, 1.807) is 0 Å². The molecule has 0 radical (unpaired) electrons. The second-order valence-electron chi connectivity index (χ2n) is 5.53. The fourth-order valence-corrected chi connectivity index (χ4v) is 2.18. The van der Waals surface area contributed by atoms with Gasteiger partial charge in [0.25, 0.3) is 0 Å². The summed E-state index contributed by atoms with van der Waals surface area (Å²) < 4.78 is 1.26. The molecule has 0 fully saturated rings. The van der Waals surface area contributed by atoms with Crippen LogP contribution < -0.4 is 9.68 Å². The van der Waals surface area contributed by atoms with Crippen LogP contribution in [0.3, 0.4) is 0 Å². The molecular weight excluding hydrogens is 348 g/mol. The predicted molar refractivity (Wildman–Crippen MR) is 86.4 cm³/mol. The van der Waals surface area contributed by atoms with E-state index in [1.165, 1.54) is 24.3 Å². The van der Waals surface area contributed by atoms with Crippen molar-refractivity contribution in [3.05, 3.63) is 24.3 Å². The third-order valence-corrected chi connectivity index (χ3v) is 3.49. The monoisotopic (exact) mass is 368 g/mol. The second kappa shape index (κ2) is 8.70. The largest absolute Gasteiger partial charge is 0.492 e. The number of unbranched alkanes of at least 4 members (excludes halogenated alkanes) is 3. The van der Waals surface area contributed by atoms with E-state index in [-0.39, 0.29) is 36.4 Å². The summed E-state index contributed by atoms with van der Waals surface area (Å²) in [5.74, 6) is -2.74. The molecule has 0 spiro atoms. The summed E-state index contributed by atoms with van der Waals surface area (Å²) in [7, 11) is 0. The summed E-state index contributed by atoms with van der Waals surface area (Å²) in [6.07, 6.45) is 2.52. The highest BCUT2D eigenvalue weighted by molar-refractivity contribution is 5.70. The Morgan fingerprint density at radius 3 is 1.27 bits per heavy atom. The second-order valence-corrected chi connectivity index (χ2v) is 5.53. The van der Waals surface area contributed by atoms with Crippen LogP contribution in [-0.2, 0) is 9.59 Å². The SMILES string of the molecule is O=C(CCCCCCC(=O)On1c(O)ccc1O)On1c(O)ccc1O. The average Bonchev–Trinajstić information content (AvgIpc) is 3.08. The first kappa shape index (κ1) is 19.0. The molecule has 0 saturated carbocycles. The molecule has 142 valence electrons. The van der Waals surface area contributed by atoms with Crippen LogP contribution in [-0.4, -0.2) is 41.8 Å². The fourth-order valence-electron chi connectivity index (χ4n) is 2.18. The first-order valence-corrected chi connectivity index (χ1v) is 8.00. The van der Waals surface area contributed by atoms with Crippen LogP contribution in [0.5, 0.6) is 23.5 Å². The summed E-state index contributed by atoms with van der Waals surface area (Å²) >= 11 is 0. The van der Waals surface area contributed by atoms with Gasteiger partial charge >= 0.3 is 11.9 Å². The van der Waals surface area contributed by atoms with Crippen molar-refractivity contribution in [3.8, 4) is 23.5 Å². The fraction of sp³-hybridized carbons (Fsp3) is 0.375. The molecule has 2 aromatic heterocycles. The van der Waals surface area contributed by atoms with Gasteiger partial charge in [-0.2, -0.15) is 0 Å². The van der Waals surface area contributed by atoms with Crippen molar-refractivity contribution < 1.29 is 39.7 Å². The maximum atomic E-state index is 11.6. The lowest BCUT2D eigenvalue weighted by Crippen LogP contribution is -2.19. The van der Waals surface area contributed by atoms with Crippen LogP contribution in [0.25, 0.3) is 0 Å². The van der Waals surface area contributed by atoms with Gasteiger partial charge in [0, 0.05) is 37.1 Å². The van der Waals surface area contributed by atoms with Crippen molar-refractivity contribution in [2.45, 2.75) is 38.5 Å². The van der Waals surface area contributed by atoms with Crippen LogP contribution in [0.2, 0.25) is 0 Å². The Kier molecular flexibility index (Phi) is 6.36. The summed E-state index contributed by atoms with van der Waals surface area (Å²) in [6.45, 7) is 0. The minimum absolute atomic E-state index is 0.0899. The first-order valence-electron chi connectivity index (χ1n) is 8.00. The first-order chi connectivity index (χ1) is 12.4. The van der Waals surface area contributed by atoms with Crippen molar-refractivity contribution in [2.24, 2.45) is 0 Å². The summed E-state index contributed by atoms with van der Waals surface area (Å²) in [4.78, 5) is 32.8. The van der Waals surface area contributed by atoms with Gasteiger partial charge in [-0.3, -0.25) is 0 Å². The molecule has 2 rings (SSSR count). The molecule has 0 bridgehead atoms. The van der Waals surface area contributed by atoms with Gasteiger partial charge in [-0.25, -0.2) is 9.59 Å². The molecule has 0 aliphatic heterocycles. The number of aromatic hydroxyl groups is 4. The van der Waals surface area contributed by atoms with Gasteiger partial charge < -0.3 is 30.1 Å². The number of nitrogens with zero attached hydrogens (tertiary/aromatic N) is 2. The molecule has 0 aromatic carbocycles. The van der Waals surface area contributed by atoms with E-state index in [0.29, 0.717) is 35.1 Å². The maximum Gasteiger partial charge on any atom is 0.333 e. The average molecular weight is 368 g/mol. The van der Waals surface area contributed by atoms with Gasteiger partial charge in [0.15, 0.2) is 0 Å². The summed E-state index contributed by atoms with van der Waals surface area (Å²) in [5, 5.41) is 37.4. The Bertz CT molecular complexity index is 661. The molecule has 0 aliphatic carbocycles. The van der Waals surface area contributed by atoms with Crippen molar-refractivity contribution in [2.75, 3.05) is 0 Å². The maximum absolute atomic E-state index is 11.6. The molecular formula is C16H20N2O8. The standard InChI is InChI=1S/C16H20N2O8/c19-11-7-8-12(20)17(11)25-15(23)5-3-1-2-4-6-16(24)26-18-13(21)9-10-14(18)22/h7-10,19-22H,1-6H2. The number of rotatable bonds is 9. The normalized spacial score (nSPS) is 10.6. The Balaban J connectivity index is 1.58. The smallest absolute Gasteiger partial charge is 0.333 e.